The molecule has 12 heteroatoms. The number of anilines is 2. The van der Waals surface area contributed by atoms with Gasteiger partial charge in [0.1, 0.15) is 29.1 Å². The van der Waals surface area contributed by atoms with Crippen molar-refractivity contribution in [3.05, 3.63) is 107 Å². The van der Waals surface area contributed by atoms with Gasteiger partial charge >= 0.3 is 6.09 Å². The summed E-state index contributed by atoms with van der Waals surface area (Å²) in [6.07, 6.45) is -1.11. The zero-order chi connectivity index (χ0) is 37.6. The van der Waals surface area contributed by atoms with Crippen molar-refractivity contribution < 1.29 is 42.9 Å². The third kappa shape index (κ3) is 8.81. The van der Waals surface area contributed by atoms with Crippen molar-refractivity contribution in [2.24, 2.45) is 0 Å². The molecule has 0 spiro atoms. The molecule has 52 heavy (non-hydrogen) atoms. The lowest BCUT2D eigenvalue weighted by atomic mass is 9.94. The van der Waals surface area contributed by atoms with Crippen molar-refractivity contribution in [2.45, 2.75) is 58.3 Å². The highest BCUT2D eigenvalue weighted by Crippen LogP contribution is 2.49. The van der Waals surface area contributed by atoms with Gasteiger partial charge in [-0.15, -0.1) is 0 Å². The SMILES string of the molecule is COc1cc2c(c(OC)c1OC)C(=O)CC(c1cccc(NC(=O)c3cc(NC(=O)[C@H](Cc4ccccc4)NC(=O)OC(C)(C)C)ccc3C)c1)O2. The highest BCUT2D eigenvalue weighted by molar-refractivity contribution is 6.07. The van der Waals surface area contributed by atoms with E-state index in [4.69, 9.17) is 23.7 Å². The lowest BCUT2D eigenvalue weighted by Gasteiger charge is -2.28. The monoisotopic (exact) mass is 709 g/mol. The maximum Gasteiger partial charge on any atom is 0.408 e. The number of Topliss-reactive ketones (excluding diaryl/α,β-unsaturated/α-hetero) is 1. The Morgan fingerprint density at radius 1 is 0.846 bits per heavy atom. The average Bonchev–Trinajstić information content (AvgIpc) is 3.10. The van der Waals surface area contributed by atoms with Crippen molar-refractivity contribution in [1.29, 1.82) is 0 Å². The first-order valence-electron chi connectivity index (χ1n) is 16.7. The summed E-state index contributed by atoms with van der Waals surface area (Å²) in [5.74, 6) is 0.105. The fraction of sp³-hybridized carbons (Fsp3) is 0.300. The smallest absolute Gasteiger partial charge is 0.408 e. The Morgan fingerprint density at radius 3 is 2.23 bits per heavy atom. The number of ether oxygens (including phenoxy) is 5. The molecule has 0 bridgehead atoms. The summed E-state index contributed by atoms with van der Waals surface area (Å²) in [5.41, 5.74) is 2.89. The summed E-state index contributed by atoms with van der Waals surface area (Å²) in [4.78, 5) is 53.1. The fourth-order valence-corrected chi connectivity index (χ4v) is 5.84. The molecule has 1 unspecified atom stereocenters. The van der Waals surface area contributed by atoms with Crippen LogP contribution in [0.4, 0.5) is 16.2 Å². The van der Waals surface area contributed by atoms with Gasteiger partial charge in [0.25, 0.3) is 5.91 Å². The molecular formula is C40H43N3O9. The third-order valence-electron chi connectivity index (χ3n) is 8.27. The van der Waals surface area contributed by atoms with E-state index in [2.05, 4.69) is 16.0 Å². The molecule has 5 rings (SSSR count). The summed E-state index contributed by atoms with van der Waals surface area (Å²) < 4.78 is 28.0. The summed E-state index contributed by atoms with van der Waals surface area (Å²) >= 11 is 0. The second-order valence-corrected chi connectivity index (χ2v) is 13.2. The minimum atomic E-state index is -0.955. The Balaban J connectivity index is 1.32. The first kappa shape index (κ1) is 37.2. The number of nitrogens with one attached hydrogen (secondary N) is 3. The van der Waals surface area contributed by atoms with Crippen molar-refractivity contribution >= 4 is 35.1 Å². The van der Waals surface area contributed by atoms with Gasteiger partial charge in [-0.05, 0) is 68.7 Å². The number of rotatable bonds is 11. The van der Waals surface area contributed by atoms with Gasteiger partial charge in [0.05, 0.1) is 27.8 Å². The minimum absolute atomic E-state index is 0.0329. The zero-order valence-corrected chi connectivity index (χ0v) is 30.2. The molecule has 1 aliphatic rings. The second kappa shape index (κ2) is 15.9. The molecule has 1 aliphatic heterocycles. The molecule has 272 valence electrons. The van der Waals surface area contributed by atoms with Crippen LogP contribution in [0.15, 0.2) is 78.9 Å². The van der Waals surface area contributed by atoms with Gasteiger partial charge in [-0.1, -0.05) is 48.5 Å². The number of benzene rings is 4. The van der Waals surface area contributed by atoms with E-state index in [1.165, 1.54) is 21.3 Å². The van der Waals surface area contributed by atoms with Crippen LogP contribution in [0.25, 0.3) is 0 Å². The Labute approximate surface area is 302 Å². The van der Waals surface area contributed by atoms with E-state index < -0.39 is 35.7 Å². The van der Waals surface area contributed by atoms with Crippen LogP contribution in [0.1, 0.15) is 70.7 Å². The molecule has 3 amide bonds. The van der Waals surface area contributed by atoms with Gasteiger partial charge < -0.3 is 39.6 Å². The van der Waals surface area contributed by atoms with Gasteiger partial charge in [-0.25, -0.2) is 4.79 Å². The van der Waals surface area contributed by atoms with E-state index in [0.29, 0.717) is 45.3 Å². The standard InChI is InChI=1S/C40H43N3O9/c1-23-16-17-27(42-38(46)29(18-24-12-9-8-10-13-24)43-39(47)52-40(2,3)4)20-28(23)37(45)41-26-15-11-14-25(19-26)31-21-30(44)34-32(51-31)22-33(48-5)35(49-6)36(34)50-7/h8-17,19-20,22,29,31H,18,21H2,1-7H3,(H,41,45)(H,42,46)(H,43,47)/t29-,31?/m0/s1. The van der Waals surface area contributed by atoms with Crippen LogP contribution in [0.2, 0.25) is 0 Å². The summed E-state index contributed by atoms with van der Waals surface area (Å²) in [7, 11) is 4.39. The van der Waals surface area contributed by atoms with Gasteiger partial charge in [0.2, 0.25) is 11.7 Å². The Hall–Kier alpha value is -6.04. The predicted molar refractivity (Wildman–Crippen MR) is 196 cm³/mol. The molecule has 0 saturated carbocycles. The number of amides is 3. The van der Waals surface area contributed by atoms with E-state index in [1.54, 1.807) is 70.2 Å². The van der Waals surface area contributed by atoms with E-state index in [-0.39, 0.29) is 29.9 Å². The fourth-order valence-electron chi connectivity index (χ4n) is 5.84. The molecule has 4 aromatic carbocycles. The summed E-state index contributed by atoms with van der Waals surface area (Å²) in [5, 5.41) is 8.44. The normalized spacial score (nSPS) is 14.2. The highest BCUT2D eigenvalue weighted by atomic mass is 16.6. The van der Waals surface area contributed by atoms with E-state index in [9.17, 15) is 19.2 Å². The van der Waals surface area contributed by atoms with Crippen molar-refractivity contribution in [3.63, 3.8) is 0 Å². The highest BCUT2D eigenvalue weighted by Gasteiger charge is 2.34. The van der Waals surface area contributed by atoms with Crippen LogP contribution < -0.4 is 34.9 Å². The first-order chi connectivity index (χ1) is 24.8. The molecule has 0 aliphatic carbocycles. The molecule has 0 saturated heterocycles. The number of alkyl carbamates (subject to hydrolysis) is 1. The number of hydrogen-bond donors (Lipinski definition) is 3. The largest absolute Gasteiger partial charge is 0.493 e. The number of hydrogen-bond acceptors (Lipinski definition) is 9. The van der Waals surface area contributed by atoms with Gasteiger partial charge in [0.15, 0.2) is 17.3 Å². The maximum atomic E-state index is 13.6. The molecule has 2 atom stereocenters. The van der Waals surface area contributed by atoms with Gasteiger partial charge in [-0.3, -0.25) is 14.4 Å². The molecule has 0 aromatic heterocycles. The first-order valence-corrected chi connectivity index (χ1v) is 16.7. The summed E-state index contributed by atoms with van der Waals surface area (Å²) in [6, 6.07) is 22.0. The van der Waals surface area contributed by atoms with Crippen molar-refractivity contribution in [3.8, 4) is 23.0 Å². The molecule has 0 radical (unpaired) electrons. The molecular weight excluding hydrogens is 666 g/mol. The van der Waals surface area contributed by atoms with Crippen LogP contribution in [0, 0.1) is 6.92 Å². The number of carbonyl (C=O) groups is 4. The van der Waals surface area contributed by atoms with E-state index in [0.717, 1.165) is 5.56 Å². The molecule has 3 N–H and O–H groups in total. The van der Waals surface area contributed by atoms with Gasteiger partial charge in [-0.2, -0.15) is 0 Å². The van der Waals surface area contributed by atoms with Crippen LogP contribution in [-0.4, -0.2) is 56.7 Å². The maximum absolute atomic E-state index is 13.6. The number of carbonyl (C=O) groups excluding carboxylic acids is 4. The van der Waals surface area contributed by atoms with Crippen molar-refractivity contribution in [2.75, 3.05) is 32.0 Å². The minimum Gasteiger partial charge on any atom is -0.493 e. The molecule has 1 heterocycles. The third-order valence-corrected chi connectivity index (χ3v) is 8.27. The molecule has 0 fully saturated rings. The second-order valence-electron chi connectivity index (χ2n) is 13.2. The average molecular weight is 710 g/mol. The molecule has 12 nitrogen and oxygen atoms in total. The Kier molecular flexibility index (Phi) is 11.4. The van der Waals surface area contributed by atoms with E-state index >= 15 is 0 Å². The number of ketones is 1. The van der Waals surface area contributed by atoms with Crippen molar-refractivity contribution in [1.82, 2.24) is 5.32 Å². The van der Waals surface area contributed by atoms with Crippen LogP contribution in [0.3, 0.4) is 0 Å². The van der Waals surface area contributed by atoms with Gasteiger partial charge in [0, 0.05) is 29.4 Å². The lowest BCUT2D eigenvalue weighted by Crippen LogP contribution is -2.47. The Morgan fingerprint density at radius 2 is 1.56 bits per heavy atom. The zero-order valence-electron chi connectivity index (χ0n) is 30.2. The predicted octanol–water partition coefficient (Wildman–Crippen LogP) is 7.05. The van der Waals surface area contributed by atoms with E-state index in [1.807, 2.05) is 36.4 Å². The van der Waals surface area contributed by atoms with Crippen LogP contribution in [-0.2, 0) is 16.0 Å². The number of methoxy groups -OCH3 is 3. The quantitative estimate of drug-likeness (QED) is 0.149. The molecule has 4 aromatic rings. The number of fused-ring (bicyclic) bond motifs is 1. The Bertz CT molecular complexity index is 1970. The summed E-state index contributed by atoms with van der Waals surface area (Å²) in [6.45, 7) is 7.01. The van der Waals surface area contributed by atoms with Crippen LogP contribution in [0.5, 0.6) is 23.0 Å². The number of aryl methyl sites for hydroxylation is 1. The topological polar surface area (TPSA) is 151 Å². The lowest BCUT2D eigenvalue weighted by molar-refractivity contribution is -0.118. The van der Waals surface area contributed by atoms with Crippen LogP contribution >= 0.6 is 0 Å².